The van der Waals surface area contributed by atoms with E-state index in [2.05, 4.69) is 28.7 Å². The van der Waals surface area contributed by atoms with E-state index in [1.54, 1.807) is 6.07 Å². The maximum absolute atomic E-state index is 12.7. The third kappa shape index (κ3) is 8.59. The van der Waals surface area contributed by atoms with Crippen LogP contribution in [0.15, 0.2) is 11.2 Å². The minimum absolute atomic E-state index is 0.0653. The molecule has 7 nitrogen and oxygen atoms in total. The van der Waals surface area contributed by atoms with Crippen LogP contribution in [0.4, 0.5) is 5.82 Å². The zero-order valence-electron chi connectivity index (χ0n) is 21.7. The van der Waals surface area contributed by atoms with Crippen LogP contribution in [0.25, 0.3) is 0 Å². The first-order chi connectivity index (χ1) is 16.1. The smallest absolute Gasteiger partial charge is 0.233 e. The minimum Gasteiger partial charge on any atom is -0.353 e. The summed E-state index contributed by atoms with van der Waals surface area (Å²) in [6, 6.07) is 2.15. The van der Waals surface area contributed by atoms with Crippen molar-refractivity contribution in [2.75, 3.05) is 30.3 Å². The van der Waals surface area contributed by atoms with Crippen LogP contribution >= 0.6 is 23.4 Å². The van der Waals surface area contributed by atoms with Gasteiger partial charge in [-0.25, -0.2) is 9.97 Å². The predicted molar refractivity (Wildman–Crippen MR) is 142 cm³/mol. The van der Waals surface area contributed by atoms with Crippen molar-refractivity contribution in [3.63, 3.8) is 0 Å². The lowest BCUT2D eigenvalue weighted by Crippen LogP contribution is -2.54. The highest BCUT2D eigenvalue weighted by atomic mass is 35.5. The first-order valence-corrected chi connectivity index (χ1v) is 14.0. The van der Waals surface area contributed by atoms with Crippen LogP contribution in [0, 0.1) is 0 Å². The number of rotatable bonds is 12. The van der Waals surface area contributed by atoms with Crippen molar-refractivity contribution in [2.45, 2.75) is 103 Å². The van der Waals surface area contributed by atoms with Crippen molar-refractivity contribution in [3.8, 4) is 0 Å². The number of halogens is 1. The van der Waals surface area contributed by atoms with Crippen LogP contribution in [0.3, 0.4) is 0 Å². The molecule has 1 fully saturated rings. The number of hydrogen-bond acceptors (Lipinski definition) is 6. The second kappa shape index (κ2) is 14.1. The molecule has 0 N–H and O–H groups in total. The van der Waals surface area contributed by atoms with Crippen molar-refractivity contribution in [3.05, 3.63) is 11.2 Å². The Kier molecular flexibility index (Phi) is 11.9. The molecule has 0 aliphatic carbocycles. The highest BCUT2D eigenvalue weighted by molar-refractivity contribution is 7.99. The van der Waals surface area contributed by atoms with Gasteiger partial charge >= 0.3 is 0 Å². The lowest BCUT2D eigenvalue weighted by molar-refractivity contribution is -0.134. The first-order valence-electron chi connectivity index (χ1n) is 12.7. The first kappa shape index (κ1) is 28.7. The van der Waals surface area contributed by atoms with Crippen LogP contribution in [-0.2, 0) is 9.59 Å². The molecule has 0 radical (unpaired) electrons. The van der Waals surface area contributed by atoms with Crippen LogP contribution in [-0.4, -0.2) is 75.1 Å². The molecule has 1 aliphatic rings. The fourth-order valence-corrected chi connectivity index (χ4v) is 5.50. The highest BCUT2D eigenvalue weighted by Gasteiger charge is 2.28. The molecule has 1 aliphatic heterocycles. The molecule has 1 aromatic rings. The van der Waals surface area contributed by atoms with Crippen LogP contribution < -0.4 is 4.90 Å². The lowest BCUT2D eigenvalue weighted by atomic mass is 10.1. The van der Waals surface area contributed by atoms with Gasteiger partial charge in [0.15, 0.2) is 5.16 Å². The molecule has 1 saturated heterocycles. The zero-order valence-corrected chi connectivity index (χ0v) is 23.3. The van der Waals surface area contributed by atoms with Gasteiger partial charge in [-0.3, -0.25) is 9.59 Å². The molecule has 9 heteroatoms. The van der Waals surface area contributed by atoms with Crippen molar-refractivity contribution < 1.29 is 9.59 Å². The van der Waals surface area contributed by atoms with E-state index < -0.39 is 0 Å². The summed E-state index contributed by atoms with van der Waals surface area (Å²) in [6.45, 7) is 14.5. The average Bonchev–Trinajstić information content (AvgIpc) is 2.76. The molecule has 2 amide bonds. The highest BCUT2D eigenvalue weighted by Crippen LogP contribution is 2.25. The summed E-state index contributed by atoms with van der Waals surface area (Å²) in [5.74, 6) is 1.33. The van der Waals surface area contributed by atoms with Crippen LogP contribution in [0.2, 0.25) is 5.15 Å². The summed E-state index contributed by atoms with van der Waals surface area (Å²) >= 11 is 7.62. The van der Waals surface area contributed by atoms with Gasteiger partial charge in [0.05, 0.1) is 5.75 Å². The van der Waals surface area contributed by atoms with Gasteiger partial charge in [-0.2, -0.15) is 0 Å². The standard InChI is InChI=1S/C25H42ClN5O2S/c1-7-8-9-10-11-12-23(32)30-14-13-29(16-20(30)6)22-15-21(26)27-25(28-22)34-17-24(33)31(18(2)3)19(4)5/h15,18-20H,7-14,16-17H2,1-6H3/t20-/m1/s1. The molecular weight excluding hydrogens is 470 g/mol. The number of thioether (sulfide) groups is 1. The fraction of sp³-hybridized carbons (Fsp3) is 0.760. The Balaban J connectivity index is 1.94. The second-order valence-corrected chi connectivity index (χ2v) is 11.0. The van der Waals surface area contributed by atoms with Crippen molar-refractivity contribution >= 4 is 41.0 Å². The topological polar surface area (TPSA) is 69.6 Å². The summed E-state index contributed by atoms with van der Waals surface area (Å²) < 4.78 is 0. The van der Waals surface area contributed by atoms with Crippen molar-refractivity contribution in [2.24, 2.45) is 0 Å². The van der Waals surface area contributed by atoms with Crippen LogP contribution in [0.1, 0.15) is 80.1 Å². The molecule has 0 spiro atoms. The Bertz CT molecular complexity index is 800. The Morgan fingerprint density at radius 2 is 1.79 bits per heavy atom. The molecule has 1 atom stereocenters. The molecule has 192 valence electrons. The number of carbonyl (C=O) groups is 2. The normalized spacial score (nSPS) is 16.4. The minimum atomic E-state index is 0.0653. The Morgan fingerprint density at radius 3 is 2.41 bits per heavy atom. The third-order valence-electron chi connectivity index (χ3n) is 6.15. The van der Waals surface area contributed by atoms with E-state index in [1.165, 1.54) is 31.0 Å². The van der Waals surface area contributed by atoms with E-state index in [9.17, 15) is 9.59 Å². The van der Waals surface area contributed by atoms with Gasteiger partial charge in [-0.15, -0.1) is 0 Å². The third-order valence-corrected chi connectivity index (χ3v) is 7.18. The molecule has 0 aromatic carbocycles. The van der Waals surface area contributed by atoms with Gasteiger partial charge in [-0.1, -0.05) is 56.0 Å². The Labute approximate surface area is 215 Å². The number of carbonyl (C=O) groups excluding carboxylic acids is 2. The number of hydrogen-bond donors (Lipinski definition) is 0. The van der Waals surface area contributed by atoms with Gasteiger partial charge in [0.25, 0.3) is 0 Å². The van der Waals surface area contributed by atoms with Gasteiger partial charge < -0.3 is 14.7 Å². The van der Waals surface area contributed by atoms with Gasteiger partial charge in [0, 0.05) is 50.2 Å². The molecule has 1 aromatic heterocycles. The number of nitrogens with zero attached hydrogens (tertiary/aromatic N) is 5. The molecule has 34 heavy (non-hydrogen) atoms. The van der Waals surface area contributed by atoms with E-state index in [0.717, 1.165) is 18.7 Å². The summed E-state index contributed by atoms with van der Waals surface area (Å²) in [7, 11) is 0. The van der Waals surface area contributed by atoms with Crippen LogP contribution in [0.5, 0.6) is 0 Å². The number of unbranched alkanes of at least 4 members (excludes halogenated alkanes) is 4. The summed E-state index contributed by atoms with van der Waals surface area (Å²) in [5, 5.41) is 0.865. The fourth-order valence-electron chi connectivity index (χ4n) is 4.54. The molecule has 0 unspecified atom stereocenters. The average molecular weight is 512 g/mol. The predicted octanol–water partition coefficient (Wildman–Crippen LogP) is 5.27. The molecule has 0 bridgehead atoms. The largest absolute Gasteiger partial charge is 0.353 e. The van der Waals surface area contributed by atoms with Gasteiger partial charge in [0.2, 0.25) is 11.8 Å². The van der Waals surface area contributed by atoms with E-state index in [1.807, 2.05) is 37.5 Å². The van der Waals surface area contributed by atoms with E-state index >= 15 is 0 Å². The maximum Gasteiger partial charge on any atom is 0.233 e. The number of amides is 2. The van der Waals surface area contributed by atoms with E-state index in [0.29, 0.717) is 36.4 Å². The SMILES string of the molecule is CCCCCCCC(=O)N1CCN(c2cc(Cl)nc(SCC(=O)N(C(C)C)C(C)C)n2)C[C@H]1C. The molecule has 2 rings (SSSR count). The quantitative estimate of drug-likeness (QED) is 0.165. The monoisotopic (exact) mass is 511 g/mol. The van der Waals surface area contributed by atoms with Gasteiger partial charge in [-0.05, 0) is 41.0 Å². The zero-order chi connectivity index (χ0) is 25.3. The summed E-state index contributed by atoms with van der Waals surface area (Å²) in [5.41, 5.74) is 0. The second-order valence-electron chi connectivity index (χ2n) is 9.66. The summed E-state index contributed by atoms with van der Waals surface area (Å²) in [4.78, 5) is 40.5. The van der Waals surface area contributed by atoms with E-state index in [-0.39, 0.29) is 35.7 Å². The molecular formula is C25H42ClN5O2S. The van der Waals surface area contributed by atoms with Crippen molar-refractivity contribution in [1.82, 2.24) is 19.8 Å². The summed E-state index contributed by atoms with van der Waals surface area (Å²) in [6.07, 6.45) is 6.39. The number of anilines is 1. The maximum atomic E-state index is 12.7. The number of piperazine rings is 1. The van der Waals surface area contributed by atoms with Gasteiger partial charge in [0.1, 0.15) is 11.0 Å². The molecule has 2 heterocycles. The number of aromatic nitrogens is 2. The Morgan fingerprint density at radius 1 is 1.12 bits per heavy atom. The molecule has 0 saturated carbocycles. The van der Waals surface area contributed by atoms with Crippen molar-refractivity contribution in [1.29, 1.82) is 0 Å². The lowest BCUT2D eigenvalue weighted by Gasteiger charge is -2.40. The van der Waals surface area contributed by atoms with E-state index in [4.69, 9.17) is 11.6 Å². The Hall–Kier alpha value is -1.54.